The third-order valence-corrected chi connectivity index (χ3v) is 5.21. The van der Waals surface area contributed by atoms with Crippen molar-refractivity contribution in [2.24, 2.45) is 5.92 Å². The number of nitrogens with one attached hydrogen (secondary N) is 1. The number of carbonyl (C=O) groups excluding carboxylic acids is 2. The maximum atomic E-state index is 12.6. The highest BCUT2D eigenvalue weighted by atomic mass is 35.5. The topological polar surface area (TPSA) is 73.2 Å². The average Bonchev–Trinajstić information content (AvgIpc) is 2.58. The quantitative estimate of drug-likeness (QED) is 0.915. The summed E-state index contributed by atoms with van der Waals surface area (Å²) < 4.78 is 0. The molecule has 24 heavy (non-hydrogen) atoms. The van der Waals surface area contributed by atoms with Crippen LogP contribution in [0.15, 0.2) is 24.3 Å². The Labute approximate surface area is 146 Å². The molecular formula is C18H20ClN3O2. The number of piperidine rings is 1. The minimum Gasteiger partial charge on any atom is -0.338 e. The van der Waals surface area contributed by atoms with Gasteiger partial charge in [0.15, 0.2) is 0 Å². The van der Waals surface area contributed by atoms with Crippen LogP contribution in [-0.4, -0.2) is 35.3 Å². The van der Waals surface area contributed by atoms with Gasteiger partial charge in [0.25, 0.3) is 5.91 Å². The molecule has 1 aromatic rings. The Hall–Kier alpha value is -2.06. The fourth-order valence-corrected chi connectivity index (χ4v) is 3.41. The highest BCUT2D eigenvalue weighted by Crippen LogP contribution is 2.32. The summed E-state index contributed by atoms with van der Waals surface area (Å²) in [4.78, 5) is 26.8. The molecule has 2 amide bonds. The number of halogens is 1. The van der Waals surface area contributed by atoms with E-state index in [9.17, 15) is 14.9 Å². The van der Waals surface area contributed by atoms with Gasteiger partial charge in [0, 0.05) is 23.7 Å². The van der Waals surface area contributed by atoms with Gasteiger partial charge in [0.2, 0.25) is 5.91 Å². The van der Waals surface area contributed by atoms with Crippen LogP contribution in [0.1, 0.15) is 42.5 Å². The van der Waals surface area contributed by atoms with Gasteiger partial charge in [-0.05, 0) is 56.4 Å². The van der Waals surface area contributed by atoms with Crippen LogP contribution in [0.2, 0.25) is 5.02 Å². The van der Waals surface area contributed by atoms with Gasteiger partial charge in [-0.15, -0.1) is 0 Å². The minimum atomic E-state index is -0.681. The number of carbonyl (C=O) groups is 2. The predicted molar refractivity (Wildman–Crippen MR) is 90.4 cm³/mol. The Morgan fingerprint density at radius 2 is 1.96 bits per heavy atom. The van der Waals surface area contributed by atoms with Gasteiger partial charge in [-0.25, -0.2) is 0 Å². The first-order chi connectivity index (χ1) is 11.5. The van der Waals surface area contributed by atoms with E-state index < -0.39 is 5.54 Å². The number of nitrogens with zero attached hydrogens (tertiary/aromatic N) is 2. The summed E-state index contributed by atoms with van der Waals surface area (Å²) in [5, 5.41) is 12.7. The summed E-state index contributed by atoms with van der Waals surface area (Å²) in [6, 6.07) is 9.01. The molecule has 6 heteroatoms. The number of amides is 2. The smallest absolute Gasteiger partial charge is 0.253 e. The van der Waals surface area contributed by atoms with Gasteiger partial charge >= 0.3 is 0 Å². The lowest BCUT2D eigenvalue weighted by molar-refractivity contribution is -0.128. The standard InChI is InChI=1S/C18H20ClN3O2/c19-15-6-4-13(5-7-15)17(24)22-10-1-3-14(11-22)16(23)21-18(12-20)8-2-9-18/h4-7,14H,1-3,8-11H2,(H,21,23)/t14-/m0/s1. The van der Waals surface area contributed by atoms with Gasteiger partial charge in [0.1, 0.15) is 5.54 Å². The molecule has 0 spiro atoms. The number of rotatable bonds is 3. The number of nitriles is 1. The molecule has 1 aromatic carbocycles. The van der Waals surface area contributed by atoms with Crippen molar-refractivity contribution < 1.29 is 9.59 Å². The lowest BCUT2D eigenvalue weighted by Crippen LogP contribution is -2.56. The van der Waals surface area contributed by atoms with Crippen molar-refractivity contribution in [1.82, 2.24) is 10.2 Å². The molecule has 1 N–H and O–H groups in total. The highest BCUT2D eigenvalue weighted by Gasteiger charge is 2.40. The maximum Gasteiger partial charge on any atom is 0.253 e. The van der Waals surface area contributed by atoms with Gasteiger partial charge in [-0.2, -0.15) is 5.26 Å². The largest absolute Gasteiger partial charge is 0.338 e. The summed E-state index contributed by atoms with van der Waals surface area (Å²) in [7, 11) is 0. The summed E-state index contributed by atoms with van der Waals surface area (Å²) in [5.41, 5.74) is -0.104. The molecule has 1 aliphatic carbocycles. The average molecular weight is 346 g/mol. The molecule has 1 heterocycles. The van der Waals surface area contributed by atoms with Crippen LogP contribution in [0.4, 0.5) is 0 Å². The van der Waals surface area contributed by atoms with E-state index in [2.05, 4.69) is 11.4 Å². The molecule has 126 valence electrons. The molecule has 5 nitrogen and oxygen atoms in total. The van der Waals surface area contributed by atoms with Gasteiger partial charge in [-0.1, -0.05) is 11.6 Å². The van der Waals surface area contributed by atoms with Crippen LogP contribution in [0.3, 0.4) is 0 Å². The van der Waals surface area contributed by atoms with Crippen LogP contribution >= 0.6 is 11.6 Å². The van der Waals surface area contributed by atoms with E-state index in [0.29, 0.717) is 23.7 Å². The normalized spacial score (nSPS) is 22.2. The minimum absolute atomic E-state index is 0.0807. The second-order valence-corrected chi connectivity index (χ2v) is 7.07. The van der Waals surface area contributed by atoms with E-state index >= 15 is 0 Å². The van der Waals surface area contributed by atoms with Crippen molar-refractivity contribution in [3.8, 4) is 6.07 Å². The molecule has 0 bridgehead atoms. The molecule has 0 radical (unpaired) electrons. The first-order valence-corrected chi connectivity index (χ1v) is 8.69. The second-order valence-electron chi connectivity index (χ2n) is 6.63. The van der Waals surface area contributed by atoms with Crippen molar-refractivity contribution in [2.75, 3.05) is 13.1 Å². The van der Waals surface area contributed by atoms with E-state index in [1.165, 1.54) is 0 Å². The lowest BCUT2D eigenvalue weighted by Gasteiger charge is -2.38. The Balaban J connectivity index is 1.63. The SMILES string of the molecule is N#CC1(NC(=O)[C@H]2CCCN(C(=O)c3ccc(Cl)cc3)C2)CCC1. The van der Waals surface area contributed by atoms with Crippen LogP contribution in [0.5, 0.6) is 0 Å². The van der Waals surface area contributed by atoms with E-state index in [4.69, 9.17) is 11.6 Å². The van der Waals surface area contributed by atoms with Crippen molar-refractivity contribution in [2.45, 2.75) is 37.6 Å². The molecule has 2 aliphatic rings. The van der Waals surface area contributed by atoms with Crippen LogP contribution in [0.25, 0.3) is 0 Å². The first-order valence-electron chi connectivity index (χ1n) is 8.31. The lowest BCUT2D eigenvalue weighted by atomic mass is 9.77. The van der Waals surface area contributed by atoms with Gasteiger partial charge in [-0.3, -0.25) is 9.59 Å². The van der Waals surface area contributed by atoms with Crippen molar-refractivity contribution >= 4 is 23.4 Å². The van der Waals surface area contributed by atoms with Gasteiger partial charge in [0.05, 0.1) is 12.0 Å². The summed E-state index contributed by atoms with van der Waals surface area (Å²) in [6.07, 6.45) is 3.94. The first kappa shape index (κ1) is 16.8. The van der Waals surface area contributed by atoms with Crippen molar-refractivity contribution in [3.05, 3.63) is 34.9 Å². The molecule has 1 atom stereocenters. The van der Waals surface area contributed by atoms with Crippen LogP contribution < -0.4 is 5.32 Å². The molecule has 0 aromatic heterocycles. The fourth-order valence-electron chi connectivity index (χ4n) is 3.28. The van der Waals surface area contributed by atoms with Crippen molar-refractivity contribution in [1.29, 1.82) is 5.26 Å². The van der Waals surface area contributed by atoms with Crippen LogP contribution in [0, 0.1) is 17.2 Å². The second kappa shape index (κ2) is 6.82. The van der Waals surface area contributed by atoms with E-state index in [1.54, 1.807) is 29.2 Å². The third kappa shape index (κ3) is 3.39. The number of hydrogen-bond donors (Lipinski definition) is 1. The molecule has 2 fully saturated rings. The Morgan fingerprint density at radius 1 is 1.25 bits per heavy atom. The zero-order valence-corrected chi connectivity index (χ0v) is 14.2. The van der Waals surface area contributed by atoms with Gasteiger partial charge < -0.3 is 10.2 Å². The monoisotopic (exact) mass is 345 g/mol. The summed E-state index contributed by atoms with van der Waals surface area (Å²) >= 11 is 5.86. The molecular weight excluding hydrogens is 326 g/mol. The predicted octanol–water partition coefficient (Wildman–Crippen LogP) is 2.75. The third-order valence-electron chi connectivity index (χ3n) is 4.95. The highest BCUT2D eigenvalue weighted by molar-refractivity contribution is 6.30. The summed E-state index contributed by atoms with van der Waals surface area (Å²) in [6.45, 7) is 1.05. The Bertz CT molecular complexity index is 676. The van der Waals surface area contributed by atoms with E-state index in [1.807, 2.05) is 0 Å². The molecule has 3 rings (SSSR count). The number of hydrogen-bond acceptors (Lipinski definition) is 3. The van der Waals surface area contributed by atoms with E-state index in [-0.39, 0.29) is 17.7 Å². The zero-order valence-electron chi connectivity index (χ0n) is 13.4. The van der Waals surface area contributed by atoms with Crippen LogP contribution in [-0.2, 0) is 4.79 Å². The number of likely N-dealkylation sites (tertiary alicyclic amines) is 1. The zero-order chi connectivity index (χ0) is 17.2. The molecule has 1 saturated heterocycles. The number of benzene rings is 1. The van der Waals surface area contributed by atoms with E-state index in [0.717, 1.165) is 32.1 Å². The Morgan fingerprint density at radius 3 is 2.54 bits per heavy atom. The fraction of sp³-hybridized carbons (Fsp3) is 0.500. The Kier molecular flexibility index (Phi) is 4.77. The van der Waals surface area contributed by atoms with Crippen molar-refractivity contribution in [3.63, 3.8) is 0 Å². The molecule has 1 saturated carbocycles. The maximum absolute atomic E-state index is 12.6. The molecule has 1 aliphatic heterocycles. The molecule has 0 unspecified atom stereocenters. The summed E-state index contributed by atoms with van der Waals surface area (Å²) in [5.74, 6) is -0.437.